The van der Waals surface area contributed by atoms with Gasteiger partial charge in [-0.1, -0.05) is 81.5 Å². The number of benzene rings is 2. The standard InChI is InChI=1S/C21H24S/c1-4-16-12-13-17(20(6-3)19(16)5-2)14-15-21(22)18-10-8-7-9-11-18/h7-15H,4-6H2,1-3H3. The van der Waals surface area contributed by atoms with Gasteiger partial charge in [0.25, 0.3) is 0 Å². The van der Waals surface area contributed by atoms with E-state index in [-0.39, 0.29) is 0 Å². The quantitative estimate of drug-likeness (QED) is 0.369. The SMILES string of the molecule is CCc1ccc(C=CC(=S)c2ccccc2)c(CC)c1CC. The van der Waals surface area contributed by atoms with Crippen molar-refractivity contribution in [3.8, 4) is 0 Å². The number of thiocarbonyl (C=S) groups is 1. The molecule has 0 nitrogen and oxygen atoms in total. The van der Waals surface area contributed by atoms with Crippen molar-refractivity contribution < 1.29 is 0 Å². The van der Waals surface area contributed by atoms with Gasteiger partial charge in [0.1, 0.15) is 0 Å². The predicted molar refractivity (Wildman–Crippen MR) is 102 cm³/mol. The first-order valence-corrected chi connectivity index (χ1v) is 8.53. The zero-order valence-electron chi connectivity index (χ0n) is 13.7. The van der Waals surface area contributed by atoms with E-state index in [2.05, 4.69) is 57.2 Å². The Bertz CT molecular complexity index is 666. The summed E-state index contributed by atoms with van der Waals surface area (Å²) in [6.07, 6.45) is 7.49. The summed E-state index contributed by atoms with van der Waals surface area (Å²) in [5.41, 5.74) is 6.86. The molecule has 0 bridgehead atoms. The molecule has 0 unspecified atom stereocenters. The van der Waals surface area contributed by atoms with Gasteiger partial charge in [0, 0.05) is 4.86 Å². The van der Waals surface area contributed by atoms with Gasteiger partial charge in [-0.15, -0.1) is 0 Å². The number of hydrogen-bond donors (Lipinski definition) is 0. The molecule has 0 aliphatic heterocycles. The minimum Gasteiger partial charge on any atom is -0.0795 e. The summed E-state index contributed by atoms with van der Waals surface area (Å²) in [4.78, 5) is 0.889. The van der Waals surface area contributed by atoms with E-state index in [1.807, 2.05) is 18.2 Å². The van der Waals surface area contributed by atoms with E-state index in [4.69, 9.17) is 12.2 Å². The van der Waals surface area contributed by atoms with Crippen LogP contribution >= 0.6 is 12.2 Å². The molecule has 0 atom stereocenters. The minimum absolute atomic E-state index is 0.889. The molecule has 2 aromatic rings. The summed E-state index contributed by atoms with van der Waals surface area (Å²) >= 11 is 5.52. The van der Waals surface area contributed by atoms with Gasteiger partial charge in [-0.2, -0.15) is 0 Å². The molecule has 2 rings (SSSR count). The van der Waals surface area contributed by atoms with E-state index in [0.29, 0.717) is 0 Å². The summed E-state index contributed by atoms with van der Waals surface area (Å²) in [6.45, 7) is 6.71. The van der Waals surface area contributed by atoms with Crippen molar-refractivity contribution in [1.29, 1.82) is 0 Å². The third-order valence-electron chi connectivity index (χ3n) is 4.13. The Morgan fingerprint density at radius 3 is 2.14 bits per heavy atom. The first kappa shape index (κ1) is 16.6. The Kier molecular flexibility index (Phi) is 6.09. The van der Waals surface area contributed by atoms with Crippen molar-refractivity contribution in [2.75, 3.05) is 0 Å². The second-order valence-corrected chi connectivity index (χ2v) is 5.84. The fraction of sp³-hybridized carbons (Fsp3) is 0.286. The average molecular weight is 308 g/mol. The zero-order chi connectivity index (χ0) is 15.9. The van der Waals surface area contributed by atoms with E-state index in [0.717, 1.165) is 29.7 Å². The first-order valence-electron chi connectivity index (χ1n) is 8.12. The van der Waals surface area contributed by atoms with Crippen LogP contribution in [0.2, 0.25) is 0 Å². The molecule has 1 heteroatoms. The molecule has 22 heavy (non-hydrogen) atoms. The van der Waals surface area contributed by atoms with Gasteiger partial charge >= 0.3 is 0 Å². The van der Waals surface area contributed by atoms with E-state index >= 15 is 0 Å². The van der Waals surface area contributed by atoms with Crippen LogP contribution in [0.25, 0.3) is 6.08 Å². The highest BCUT2D eigenvalue weighted by Crippen LogP contribution is 2.23. The Balaban J connectivity index is 2.33. The number of rotatable bonds is 6. The Morgan fingerprint density at radius 2 is 1.55 bits per heavy atom. The molecule has 0 heterocycles. The maximum Gasteiger partial charge on any atom is 0.0449 e. The summed E-state index contributed by atoms with van der Waals surface area (Å²) in [7, 11) is 0. The van der Waals surface area contributed by atoms with Gasteiger partial charge in [-0.3, -0.25) is 0 Å². The minimum atomic E-state index is 0.889. The lowest BCUT2D eigenvalue weighted by Gasteiger charge is -2.14. The van der Waals surface area contributed by atoms with Gasteiger partial charge in [0.15, 0.2) is 0 Å². The fourth-order valence-electron chi connectivity index (χ4n) is 2.97. The average Bonchev–Trinajstić information content (AvgIpc) is 2.59. The molecule has 114 valence electrons. The fourth-order valence-corrected chi connectivity index (χ4v) is 3.17. The topological polar surface area (TPSA) is 0 Å². The second kappa shape index (κ2) is 8.05. The highest BCUT2D eigenvalue weighted by atomic mass is 32.1. The molecule has 2 aromatic carbocycles. The largest absolute Gasteiger partial charge is 0.0795 e. The number of hydrogen-bond acceptors (Lipinski definition) is 1. The van der Waals surface area contributed by atoms with Crippen LogP contribution in [-0.4, -0.2) is 4.86 Å². The lowest BCUT2D eigenvalue weighted by molar-refractivity contribution is 0.978. The van der Waals surface area contributed by atoms with Crippen molar-refractivity contribution in [3.63, 3.8) is 0 Å². The monoisotopic (exact) mass is 308 g/mol. The van der Waals surface area contributed by atoms with Gasteiger partial charge in [0.05, 0.1) is 0 Å². The van der Waals surface area contributed by atoms with Gasteiger partial charge < -0.3 is 0 Å². The van der Waals surface area contributed by atoms with Crippen LogP contribution in [0, 0.1) is 0 Å². The summed E-state index contributed by atoms with van der Waals surface area (Å²) in [5.74, 6) is 0. The van der Waals surface area contributed by atoms with Crippen molar-refractivity contribution in [3.05, 3.63) is 76.4 Å². The third-order valence-corrected chi connectivity index (χ3v) is 4.50. The molecular formula is C21H24S. The molecule has 0 N–H and O–H groups in total. The summed E-state index contributed by atoms with van der Waals surface area (Å²) in [5, 5.41) is 0. The van der Waals surface area contributed by atoms with Gasteiger partial charge in [-0.25, -0.2) is 0 Å². The van der Waals surface area contributed by atoms with E-state index in [1.165, 1.54) is 22.3 Å². The van der Waals surface area contributed by atoms with Gasteiger partial charge in [0.2, 0.25) is 0 Å². The molecule has 0 amide bonds. The summed E-state index contributed by atoms with van der Waals surface area (Å²) in [6, 6.07) is 14.7. The summed E-state index contributed by atoms with van der Waals surface area (Å²) < 4.78 is 0. The maximum atomic E-state index is 5.52. The third kappa shape index (κ3) is 3.72. The van der Waals surface area contributed by atoms with E-state index in [1.54, 1.807) is 0 Å². The van der Waals surface area contributed by atoms with Crippen LogP contribution in [0.3, 0.4) is 0 Å². The normalized spacial score (nSPS) is 11.0. The molecule has 0 aromatic heterocycles. The molecule has 0 aliphatic rings. The lowest BCUT2D eigenvalue weighted by Crippen LogP contribution is -2.00. The van der Waals surface area contributed by atoms with Crippen molar-refractivity contribution in [2.45, 2.75) is 40.0 Å². The van der Waals surface area contributed by atoms with Crippen molar-refractivity contribution in [2.24, 2.45) is 0 Å². The molecular weight excluding hydrogens is 284 g/mol. The molecule has 0 saturated carbocycles. The molecule has 0 aliphatic carbocycles. The molecule has 0 fully saturated rings. The zero-order valence-corrected chi connectivity index (χ0v) is 14.5. The Morgan fingerprint density at radius 1 is 0.864 bits per heavy atom. The molecule has 0 saturated heterocycles. The maximum absolute atomic E-state index is 5.52. The smallest absolute Gasteiger partial charge is 0.0449 e. The Labute approximate surface area is 139 Å². The number of aryl methyl sites for hydroxylation is 1. The molecule has 0 spiro atoms. The van der Waals surface area contributed by atoms with E-state index in [9.17, 15) is 0 Å². The first-order chi connectivity index (χ1) is 10.7. The second-order valence-electron chi connectivity index (χ2n) is 5.40. The predicted octanol–water partition coefficient (Wildman–Crippen LogP) is 5.81. The highest BCUT2D eigenvalue weighted by molar-refractivity contribution is 7.81. The highest BCUT2D eigenvalue weighted by Gasteiger charge is 2.08. The lowest BCUT2D eigenvalue weighted by atomic mass is 9.91. The number of allylic oxidation sites excluding steroid dienone is 1. The van der Waals surface area contributed by atoms with Crippen LogP contribution in [0.1, 0.15) is 48.6 Å². The van der Waals surface area contributed by atoms with Crippen molar-refractivity contribution in [1.82, 2.24) is 0 Å². The Hall–Kier alpha value is -1.73. The van der Waals surface area contributed by atoms with Crippen LogP contribution in [-0.2, 0) is 19.3 Å². The molecule has 0 radical (unpaired) electrons. The van der Waals surface area contributed by atoms with Crippen LogP contribution < -0.4 is 0 Å². The van der Waals surface area contributed by atoms with E-state index < -0.39 is 0 Å². The van der Waals surface area contributed by atoms with Gasteiger partial charge in [-0.05, 0) is 53.2 Å². The van der Waals surface area contributed by atoms with Crippen LogP contribution in [0.5, 0.6) is 0 Å². The van der Waals surface area contributed by atoms with Crippen molar-refractivity contribution >= 4 is 23.2 Å². The van der Waals surface area contributed by atoms with Crippen LogP contribution in [0.15, 0.2) is 48.5 Å². The van der Waals surface area contributed by atoms with Crippen LogP contribution in [0.4, 0.5) is 0 Å².